The highest BCUT2D eigenvalue weighted by molar-refractivity contribution is 5.93. The maximum atomic E-state index is 12.2. The van der Waals surface area contributed by atoms with Gasteiger partial charge in [0.2, 0.25) is 0 Å². The topological polar surface area (TPSA) is 66.9 Å². The number of hydrogen-bond donors (Lipinski definition) is 2. The molecule has 0 saturated heterocycles. The lowest BCUT2D eigenvalue weighted by molar-refractivity contribution is 0.0928. The molecule has 0 bridgehead atoms. The quantitative estimate of drug-likeness (QED) is 0.711. The van der Waals surface area contributed by atoms with E-state index in [-0.39, 0.29) is 11.9 Å². The normalized spacial score (nSPS) is 11.7. The largest absolute Gasteiger partial charge is 0.286 e. The van der Waals surface area contributed by atoms with E-state index in [4.69, 9.17) is 0 Å². The number of nitrogens with one attached hydrogen (secondary N) is 2. The molecule has 2 N–H and O–H groups in total. The van der Waals surface area contributed by atoms with E-state index in [1.807, 2.05) is 48.5 Å². The van der Waals surface area contributed by atoms with Gasteiger partial charge in [-0.2, -0.15) is 0 Å². The smallest absolute Gasteiger partial charge is 0.265 e. The fourth-order valence-electron chi connectivity index (χ4n) is 2.23. The lowest BCUT2D eigenvalue weighted by Crippen LogP contribution is -2.40. The molecule has 1 aromatic carbocycles. The molecule has 3 aromatic rings. The number of carbonyl (C=O) groups is 1. The van der Waals surface area contributed by atoms with Crippen LogP contribution in [0.15, 0.2) is 79.3 Å². The van der Waals surface area contributed by atoms with Crippen molar-refractivity contribution in [2.75, 3.05) is 0 Å². The molecule has 2 aromatic heterocycles. The summed E-state index contributed by atoms with van der Waals surface area (Å²) in [6, 6.07) is 18.6. The van der Waals surface area contributed by atoms with Crippen molar-refractivity contribution < 1.29 is 4.79 Å². The second-order valence-corrected chi connectivity index (χ2v) is 4.93. The molecule has 1 atom stereocenters. The Hall–Kier alpha value is -3.05. The number of nitrogens with zero attached hydrogens (tertiary/aromatic N) is 2. The zero-order valence-corrected chi connectivity index (χ0v) is 12.4. The molecule has 0 aliphatic rings. The first-order chi connectivity index (χ1) is 11.3. The van der Waals surface area contributed by atoms with Crippen LogP contribution in [0.3, 0.4) is 0 Å². The van der Waals surface area contributed by atoms with Crippen LogP contribution in [0.1, 0.15) is 27.7 Å². The van der Waals surface area contributed by atoms with Crippen LogP contribution in [0.2, 0.25) is 0 Å². The van der Waals surface area contributed by atoms with Crippen LogP contribution in [-0.2, 0) is 0 Å². The molecule has 0 radical (unpaired) electrons. The van der Waals surface area contributed by atoms with Gasteiger partial charge >= 0.3 is 0 Å². The van der Waals surface area contributed by atoms with Crippen LogP contribution in [-0.4, -0.2) is 15.9 Å². The van der Waals surface area contributed by atoms with Crippen LogP contribution < -0.4 is 10.9 Å². The Bertz CT molecular complexity index is 708. The number of hydrazine groups is 1. The summed E-state index contributed by atoms with van der Waals surface area (Å²) in [4.78, 5) is 20.5. The Morgan fingerprint density at radius 2 is 1.61 bits per heavy atom. The predicted molar refractivity (Wildman–Crippen MR) is 87.4 cm³/mol. The summed E-state index contributed by atoms with van der Waals surface area (Å²) in [7, 11) is 0. The first kappa shape index (κ1) is 14.9. The van der Waals surface area contributed by atoms with Crippen LogP contribution >= 0.6 is 0 Å². The third kappa shape index (κ3) is 3.78. The van der Waals surface area contributed by atoms with Gasteiger partial charge in [0, 0.05) is 24.2 Å². The predicted octanol–water partition coefficient (Wildman–Crippen LogP) is 2.50. The third-order valence-corrected chi connectivity index (χ3v) is 3.39. The molecule has 1 unspecified atom stereocenters. The van der Waals surface area contributed by atoms with Crippen molar-refractivity contribution in [3.8, 4) is 0 Å². The third-order valence-electron chi connectivity index (χ3n) is 3.39. The van der Waals surface area contributed by atoms with Crippen LogP contribution in [0.4, 0.5) is 0 Å². The van der Waals surface area contributed by atoms with Crippen molar-refractivity contribution in [3.05, 3.63) is 96.1 Å². The second-order valence-electron chi connectivity index (χ2n) is 4.93. The monoisotopic (exact) mass is 304 g/mol. The summed E-state index contributed by atoms with van der Waals surface area (Å²) in [5.41, 5.74) is 8.19. The average Bonchev–Trinajstić information content (AvgIpc) is 2.64. The summed E-state index contributed by atoms with van der Waals surface area (Å²) in [5, 5.41) is 0. The Labute approximate surface area is 134 Å². The summed E-state index contributed by atoms with van der Waals surface area (Å²) in [6.45, 7) is 0. The van der Waals surface area contributed by atoms with E-state index in [9.17, 15) is 4.79 Å². The molecule has 23 heavy (non-hydrogen) atoms. The highest BCUT2D eigenvalue weighted by Gasteiger charge is 2.16. The van der Waals surface area contributed by atoms with Gasteiger partial charge in [-0.1, -0.05) is 36.4 Å². The average molecular weight is 304 g/mol. The van der Waals surface area contributed by atoms with Gasteiger partial charge in [0.1, 0.15) is 0 Å². The van der Waals surface area contributed by atoms with Gasteiger partial charge in [-0.15, -0.1) is 0 Å². The lowest BCUT2D eigenvalue weighted by Gasteiger charge is -2.19. The number of benzene rings is 1. The van der Waals surface area contributed by atoms with Gasteiger partial charge in [0.25, 0.3) is 5.91 Å². The van der Waals surface area contributed by atoms with E-state index in [0.29, 0.717) is 5.56 Å². The number of aromatic nitrogens is 2. The highest BCUT2D eigenvalue weighted by Crippen LogP contribution is 2.19. The molecule has 0 aliphatic carbocycles. The number of hydrogen-bond acceptors (Lipinski definition) is 4. The minimum Gasteiger partial charge on any atom is -0.286 e. The van der Waals surface area contributed by atoms with Crippen molar-refractivity contribution in [3.63, 3.8) is 0 Å². The Morgan fingerprint density at radius 1 is 0.870 bits per heavy atom. The molecule has 5 nitrogen and oxygen atoms in total. The zero-order chi connectivity index (χ0) is 15.9. The fourth-order valence-corrected chi connectivity index (χ4v) is 2.23. The Kier molecular flexibility index (Phi) is 4.71. The van der Waals surface area contributed by atoms with Gasteiger partial charge < -0.3 is 0 Å². The molecular weight excluding hydrogens is 288 g/mol. The number of rotatable bonds is 5. The first-order valence-electron chi connectivity index (χ1n) is 7.26. The summed E-state index contributed by atoms with van der Waals surface area (Å²) in [6.07, 6.45) is 4.91. The molecule has 3 rings (SSSR count). The first-order valence-corrected chi connectivity index (χ1v) is 7.26. The molecule has 0 fully saturated rings. The molecule has 0 saturated carbocycles. The summed E-state index contributed by atoms with van der Waals surface area (Å²) >= 11 is 0. The highest BCUT2D eigenvalue weighted by atomic mass is 16.2. The SMILES string of the molecule is O=C(NNC(c1ccccc1)c1ccccn1)c1ccncc1. The van der Waals surface area contributed by atoms with Crippen molar-refractivity contribution in [2.45, 2.75) is 6.04 Å². The molecular formula is C18H16N4O. The van der Waals surface area contributed by atoms with Gasteiger partial charge in [0.15, 0.2) is 0 Å². The fraction of sp³-hybridized carbons (Fsp3) is 0.0556. The Morgan fingerprint density at radius 3 is 2.30 bits per heavy atom. The van der Waals surface area contributed by atoms with E-state index in [1.54, 1.807) is 30.7 Å². The zero-order valence-electron chi connectivity index (χ0n) is 12.4. The molecule has 1 amide bonds. The maximum Gasteiger partial charge on any atom is 0.265 e. The van der Waals surface area contributed by atoms with Gasteiger partial charge in [-0.25, -0.2) is 5.43 Å². The van der Waals surface area contributed by atoms with Crippen molar-refractivity contribution in [2.24, 2.45) is 0 Å². The molecule has 2 heterocycles. The van der Waals surface area contributed by atoms with E-state index in [1.165, 1.54) is 0 Å². The second kappa shape index (κ2) is 7.29. The molecule has 5 heteroatoms. The number of amides is 1. The molecule has 0 spiro atoms. The van der Waals surface area contributed by atoms with Crippen molar-refractivity contribution in [1.82, 2.24) is 20.8 Å². The van der Waals surface area contributed by atoms with E-state index < -0.39 is 0 Å². The van der Waals surface area contributed by atoms with Crippen molar-refractivity contribution >= 4 is 5.91 Å². The van der Waals surface area contributed by atoms with Crippen LogP contribution in [0, 0.1) is 0 Å². The minimum atomic E-state index is -0.233. The van der Waals surface area contributed by atoms with Crippen molar-refractivity contribution in [1.29, 1.82) is 0 Å². The molecule has 0 aliphatic heterocycles. The number of carbonyl (C=O) groups excluding carboxylic acids is 1. The van der Waals surface area contributed by atoms with Crippen LogP contribution in [0.25, 0.3) is 0 Å². The van der Waals surface area contributed by atoms with Crippen LogP contribution in [0.5, 0.6) is 0 Å². The van der Waals surface area contributed by atoms with Gasteiger partial charge in [-0.3, -0.25) is 20.2 Å². The van der Waals surface area contributed by atoms with E-state index in [2.05, 4.69) is 20.8 Å². The minimum absolute atomic E-state index is 0.218. The molecule has 114 valence electrons. The van der Waals surface area contributed by atoms with Gasteiger partial charge in [-0.05, 0) is 29.8 Å². The van der Waals surface area contributed by atoms with E-state index >= 15 is 0 Å². The standard InChI is InChI=1S/C18H16N4O/c23-18(15-9-12-19-13-10-15)22-21-17(14-6-2-1-3-7-14)16-8-4-5-11-20-16/h1-13,17,21H,(H,22,23). The lowest BCUT2D eigenvalue weighted by atomic mass is 10.0. The summed E-state index contributed by atoms with van der Waals surface area (Å²) < 4.78 is 0. The Balaban J connectivity index is 1.79. The van der Waals surface area contributed by atoms with E-state index in [0.717, 1.165) is 11.3 Å². The van der Waals surface area contributed by atoms with Gasteiger partial charge in [0.05, 0.1) is 11.7 Å². The number of pyridine rings is 2. The maximum absolute atomic E-state index is 12.2. The summed E-state index contributed by atoms with van der Waals surface area (Å²) in [5.74, 6) is -0.218.